The lowest BCUT2D eigenvalue weighted by atomic mass is 9.90. The van der Waals surface area contributed by atoms with E-state index in [-0.39, 0.29) is 29.3 Å². The summed E-state index contributed by atoms with van der Waals surface area (Å²) in [6, 6.07) is 6.02. The maximum Gasteiger partial charge on any atom is 0.279 e. The first-order valence-corrected chi connectivity index (χ1v) is 13.0. The molecule has 1 aliphatic heterocycles. The number of benzene rings is 1. The monoisotopic (exact) mass is 493 g/mol. The van der Waals surface area contributed by atoms with Gasteiger partial charge < -0.3 is 9.47 Å². The molecule has 2 heterocycles. The molecule has 1 aliphatic carbocycles. The van der Waals surface area contributed by atoms with Crippen molar-refractivity contribution in [2.24, 2.45) is 5.92 Å². The van der Waals surface area contributed by atoms with Crippen LogP contribution in [0.2, 0.25) is 0 Å². The minimum Gasteiger partial charge on any atom is -0.495 e. The summed E-state index contributed by atoms with van der Waals surface area (Å²) in [7, 11) is -2.51. The number of amides is 2. The van der Waals surface area contributed by atoms with Gasteiger partial charge >= 0.3 is 0 Å². The third-order valence-electron chi connectivity index (χ3n) is 5.86. The molecule has 0 bridgehead atoms. The van der Waals surface area contributed by atoms with Crippen LogP contribution >= 0.6 is 11.3 Å². The number of rotatable bonds is 5. The third kappa shape index (κ3) is 5.06. The first-order valence-electron chi connectivity index (χ1n) is 10.8. The van der Waals surface area contributed by atoms with Gasteiger partial charge in [-0.1, -0.05) is 6.92 Å². The topological polar surface area (TPSA) is 114 Å². The molecule has 1 saturated heterocycles. The lowest BCUT2D eigenvalue weighted by Gasteiger charge is -2.26. The Bertz CT molecular complexity index is 1150. The van der Waals surface area contributed by atoms with E-state index in [1.807, 2.05) is 6.07 Å². The number of fused-ring (bicyclic) bond motifs is 1. The Morgan fingerprint density at radius 2 is 1.88 bits per heavy atom. The van der Waals surface area contributed by atoms with E-state index in [2.05, 4.69) is 17.8 Å². The Kier molecular flexibility index (Phi) is 7.03. The van der Waals surface area contributed by atoms with Crippen LogP contribution in [0.5, 0.6) is 5.75 Å². The molecule has 33 heavy (non-hydrogen) atoms. The summed E-state index contributed by atoms with van der Waals surface area (Å²) in [5, 5.41) is 0. The van der Waals surface area contributed by atoms with Gasteiger partial charge in [-0.05, 0) is 55.0 Å². The number of ether oxygens (including phenoxy) is 2. The summed E-state index contributed by atoms with van der Waals surface area (Å²) >= 11 is 1.44. The molecule has 4 rings (SSSR count). The summed E-state index contributed by atoms with van der Waals surface area (Å²) in [5.74, 6) is -0.286. The second-order valence-corrected chi connectivity index (χ2v) is 11.2. The number of nitrogens with zero attached hydrogens (tertiary/aromatic N) is 1. The molecular formula is C22H27N3O6S2. The molecule has 2 amide bonds. The van der Waals surface area contributed by atoms with Gasteiger partial charge in [0.1, 0.15) is 10.6 Å². The van der Waals surface area contributed by atoms with Crippen LogP contribution in [0.3, 0.4) is 0 Å². The smallest absolute Gasteiger partial charge is 0.279 e. The van der Waals surface area contributed by atoms with E-state index in [0.29, 0.717) is 24.0 Å². The Balaban J connectivity index is 1.47. The lowest BCUT2D eigenvalue weighted by molar-refractivity contribution is 0.0729. The Hall–Kier alpha value is -2.47. The van der Waals surface area contributed by atoms with Crippen LogP contribution in [-0.4, -0.2) is 58.0 Å². The van der Waals surface area contributed by atoms with Crippen molar-refractivity contribution in [3.63, 3.8) is 0 Å². The first-order chi connectivity index (χ1) is 15.8. The molecule has 0 radical (unpaired) electrons. The number of carbonyl (C=O) groups excluding carboxylic acids is 2. The fourth-order valence-electron chi connectivity index (χ4n) is 4.01. The molecule has 0 saturated carbocycles. The molecule has 1 aromatic carbocycles. The molecule has 178 valence electrons. The number of sulfonamides is 1. The molecule has 2 N–H and O–H groups in total. The van der Waals surface area contributed by atoms with Crippen molar-refractivity contribution in [3.8, 4) is 5.75 Å². The van der Waals surface area contributed by atoms with Crippen molar-refractivity contribution in [3.05, 3.63) is 45.1 Å². The molecule has 1 aromatic heterocycles. The number of aryl methyl sites for hydroxylation is 1. The van der Waals surface area contributed by atoms with E-state index in [9.17, 15) is 18.0 Å². The maximum atomic E-state index is 13.1. The SMILES string of the molecule is COc1ccc(C(=O)NNC(=O)c2cc3c(s2)CC[C@@H](C)C3)cc1S(=O)(=O)N1CCOCC1. The summed E-state index contributed by atoms with van der Waals surface area (Å²) < 4.78 is 38.0. The molecular weight excluding hydrogens is 466 g/mol. The number of thiophene rings is 1. The number of nitrogens with one attached hydrogen (secondary N) is 2. The van der Waals surface area contributed by atoms with E-state index in [1.54, 1.807) is 0 Å². The molecule has 0 spiro atoms. The van der Waals surface area contributed by atoms with Crippen molar-refractivity contribution in [1.82, 2.24) is 15.2 Å². The minimum absolute atomic E-state index is 0.0854. The van der Waals surface area contributed by atoms with Gasteiger partial charge in [-0.25, -0.2) is 8.42 Å². The van der Waals surface area contributed by atoms with Gasteiger partial charge in [0.2, 0.25) is 10.0 Å². The third-order valence-corrected chi connectivity index (χ3v) is 9.01. The number of carbonyl (C=O) groups is 2. The standard InChI is InChI=1S/C22H27N3O6S2/c1-14-3-6-18-16(11-14)12-19(32-18)22(27)24-23-21(26)15-4-5-17(30-2)20(13-15)33(28,29)25-7-9-31-10-8-25/h4-5,12-14H,3,6-11H2,1-2H3,(H,23,26)(H,24,27)/t14-/m1/s1. The summed E-state index contributed by atoms with van der Waals surface area (Å²) in [5.41, 5.74) is 6.10. The van der Waals surface area contributed by atoms with E-state index >= 15 is 0 Å². The molecule has 2 aromatic rings. The second kappa shape index (κ2) is 9.80. The van der Waals surface area contributed by atoms with E-state index in [0.717, 1.165) is 19.3 Å². The van der Waals surface area contributed by atoms with Crippen LogP contribution in [0.1, 0.15) is 43.8 Å². The predicted molar refractivity (Wildman–Crippen MR) is 123 cm³/mol. The largest absolute Gasteiger partial charge is 0.495 e. The van der Waals surface area contributed by atoms with Crippen LogP contribution in [-0.2, 0) is 27.6 Å². The highest BCUT2D eigenvalue weighted by Crippen LogP contribution is 2.32. The van der Waals surface area contributed by atoms with Gasteiger partial charge in [-0.2, -0.15) is 4.31 Å². The Morgan fingerprint density at radius 1 is 1.15 bits per heavy atom. The van der Waals surface area contributed by atoms with Crippen molar-refractivity contribution >= 4 is 33.2 Å². The molecule has 1 fully saturated rings. The molecule has 9 nitrogen and oxygen atoms in total. The van der Waals surface area contributed by atoms with Gasteiger partial charge in [0, 0.05) is 23.5 Å². The van der Waals surface area contributed by atoms with Crippen LogP contribution in [0.25, 0.3) is 0 Å². The zero-order valence-corrected chi connectivity index (χ0v) is 20.2. The average molecular weight is 494 g/mol. The van der Waals surface area contributed by atoms with Crippen LogP contribution < -0.4 is 15.6 Å². The van der Waals surface area contributed by atoms with Crippen molar-refractivity contribution < 1.29 is 27.5 Å². The zero-order valence-electron chi connectivity index (χ0n) is 18.5. The predicted octanol–water partition coefficient (Wildman–Crippen LogP) is 1.98. The van der Waals surface area contributed by atoms with Crippen molar-refractivity contribution in [2.75, 3.05) is 33.4 Å². The first kappa shape index (κ1) is 23.7. The van der Waals surface area contributed by atoms with Crippen molar-refractivity contribution in [1.29, 1.82) is 0 Å². The quantitative estimate of drug-likeness (QED) is 0.616. The molecule has 0 unspecified atom stereocenters. The molecule has 2 aliphatic rings. The fraction of sp³-hybridized carbons (Fsp3) is 0.455. The van der Waals surface area contributed by atoms with Crippen molar-refractivity contribution in [2.45, 2.75) is 31.1 Å². The zero-order chi connectivity index (χ0) is 23.6. The highest BCUT2D eigenvalue weighted by Gasteiger charge is 2.30. The van der Waals surface area contributed by atoms with Crippen LogP contribution in [0.4, 0.5) is 0 Å². The Morgan fingerprint density at radius 3 is 2.61 bits per heavy atom. The summed E-state index contributed by atoms with van der Waals surface area (Å²) in [6.45, 7) is 3.25. The van der Waals surface area contributed by atoms with Gasteiger partial charge in [-0.3, -0.25) is 20.4 Å². The van der Waals surface area contributed by atoms with Gasteiger partial charge in [-0.15, -0.1) is 11.3 Å². The van der Waals surface area contributed by atoms with Gasteiger partial charge in [0.15, 0.2) is 0 Å². The van der Waals surface area contributed by atoms with E-state index in [1.165, 1.54) is 51.4 Å². The normalized spacial score (nSPS) is 18.9. The molecule has 1 atom stereocenters. The average Bonchev–Trinajstić information content (AvgIpc) is 3.25. The van der Waals surface area contributed by atoms with Gasteiger partial charge in [0.25, 0.3) is 11.8 Å². The number of methoxy groups -OCH3 is 1. The lowest BCUT2D eigenvalue weighted by Crippen LogP contribution is -2.42. The maximum absolute atomic E-state index is 13.1. The highest BCUT2D eigenvalue weighted by molar-refractivity contribution is 7.89. The Labute approximate surface area is 197 Å². The summed E-state index contributed by atoms with van der Waals surface area (Å²) in [6.07, 6.45) is 3.03. The van der Waals surface area contributed by atoms with E-state index < -0.39 is 21.8 Å². The number of hydrogen-bond donors (Lipinski definition) is 2. The highest BCUT2D eigenvalue weighted by atomic mass is 32.2. The second-order valence-electron chi connectivity index (χ2n) is 8.20. The minimum atomic E-state index is -3.88. The molecule has 11 heteroatoms. The van der Waals surface area contributed by atoms with E-state index in [4.69, 9.17) is 9.47 Å². The summed E-state index contributed by atoms with van der Waals surface area (Å²) in [4.78, 5) is 26.9. The van der Waals surface area contributed by atoms with Crippen LogP contribution in [0, 0.1) is 5.92 Å². The fourth-order valence-corrected chi connectivity index (χ4v) is 6.70. The number of morpholine rings is 1. The van der Waals surface area contributed by atoms with Gasteiger partial charge in [0.05, 0.1) is 25.2 Å². The number of hydrogen-bond acceptors (Lipinski definition) is 7. The number of hydrazine groups is 1. The van der Waals surface area contributed by atoms with Crippen LogP contribution in [0.15, 0.2) is 29.2 Å².